The van der Waals surface area contributed by atoms with Crippen LogP contribution in [0.2, 0.25) is 0 Å². The van der Waals surface area contributed by atoms with E-state index >= 15 is 0 Å². The van der Waals surface area contributed by atoms with Gasteiger partial charge in [-0.3, -0.25) is 14.7 Å². The van der Waals surface area contributed by atoms with Crippen LogP contribution in [0, 0.1) is 11.7 Å². The minimum Gasteiger partial charge on any atom is -0.386 e. The van der Waals surface area contributed by atoms with Crippen LogP contribution in [0.1, 0.15) is 18.5 Å². The summed E-state index contributed by atoms with van der Waals surface area (Å²) >= 11 is 0. The van der Waals surface area contributed by atoms with E-state index < -0.39 is 17.4 Å². The summed E-state index contributed by atoms with van der Waals surface area (Å²) in [6, 6.07) is 15.9. The number of hydrogen-bond donors (Lipinski definition) is 4. The normalized spacial score (nSPS) is 17.9. The van der Waals surface area contributed by atoms with E-state index in [0.717, 1.165) is 38.0 Å². The zero-order chi connectivity index (χ0) is 24.1. The molecule has 1 saturated heterocycles. The van der Waals surface area contributed by atoms with E-state index in [2.05, 4.69) is 33.1 Å². The average Bonchev–Trinajstić information content (AvgIpc) is 3.24. The maximum atomic E-state index is 13.1. The summed E-state index contributed by atoms with van der Waals surface area (Å²) in [5.74, 6) is -2.01. The van der Waals surface area contributed by atoms with Crippen molar-refractivity contribution in [2.45, 2.75) is 24.9 Å². The van der Waals surface area contributed by atoms with Gasteiger partial charge >= 0.3 is 0 Å². The number of amides is 1. The monoisotopic (exact) mass is 463 g/mol. The highest BCUT2D eigenvalue weighted by Gasteiger charge is 2.33. The second-order valence-corrected chi connectivity index (χ2v) is 8.76. The van der Waals surface area contributed by atoms with Gasteiger partial charge in [0, 0.05) is 43.6 Å². The Hall–Kier alpha value is -3.56. The van der Waals surface area contributed by atoms with Crippen LogP contribution in [0.4, 0.5) is 10.1 Å². The van der Waals surface area contributed by atoms with Crippen molar-refractivity contribution < 1.29 is 9.18 Å². The summed E-state index contributed by atoms with van der Waals surface area (Å²) < 4.78 is 13.1. The minimum atomic E-state index is -0.974. The van der Waals surface area contributed by atoms with Crippen LogP contribution < -0.4 is 17.2 Å². The molecule has 0 radical (unpaired) electrons. The third kappa shape index (κ3) is 5.49. The Bertz CT molecular complexity index is 1160. The lowest BCUT2D eigenvalue weighted by molar-refractivity contribution is -0.118. The lowest BCUT2D eigenvalue weighted by atomic mass is 9.88. The van der Waals surface area contributed by atoms with Crippen molar-refractivity contribution in [2.75, 3.05) is 19.6 Å². The standard InChI is InChI=1S/C25H30FN7O/c26-18-5-7-19(8-6-18)32-23(28)21(24(29)34)14-30-25(16-27)9-11-33(12-10-25)15-20-13-17-3-1-2-4-22(17)31-20/h1-8,13-14,21,31H,9-12,15-16,27H2,(H2,28,32)(H2,29,34). The van der Waals surface area contributed by atoms with E-state index in [9.17, 15) is 9.18 Å². The lowest BCUT2D eigenvalue weighted by Gasteiger charge is -2.38. The number of halogens is 1. The molecule has 9 heteroatoms. The first-order chi connectivity index (χ1) is 16.4. The number of aliphatic imine (C=N–C) groups is 2. The van der Waals surface area contributed by atoms with Crippen LogP contribution in [-0.4, -0.2) is 53.0 Å². The van der Waals surface area contributed by atoms with Crippen molar-refractivity contribution in [3.63, 3.8) is 0 Å². The predicted molar refractivity (Wildman–Crippen MR) is 133 cm³/mol. The van der Waals surface area contributed by atoms with Gasteiger partial charge in [0.2, 0.25) is 5.91 Å². The highest BCUT2D eigenvalue weighted by Crippen LogP contribution is 2.27. The summed E-state index contributed by atoms with van der Waals surface area (Å²) in [6.45, 7) is 2.82. The number of aromatic amines is 1. The van der Waals surface area contributed by atoms with Gasteiger partial charge in [-0.05, 0) is 54.6 Å². The second-order valence-electron chi connectivity index (χ2n) is 8.76. The Morgan fingerprint density at radius 1 is 1.15 bits per heavy atom. The smallest absolute Gasteiger partial charge is 0.233 e. The third-order valence-electron chi connectivity index (χ3n) is 6.35. The molecule has 1 aliphatic heterocycles. The number of primary amides is 1. The maximum Gasteiger partial charge on any atom is 0.233 e. The lowest BCUT2D eigenvalue weighted by Crippen LogP contribution is -2.48. The van der Waals surface area contributed by atoms with Crippen molar-refractivity contribution in [3.8, 4) is 0 Å². The molecule has 1 unspecified atom stereocenters. The highest BCUT2D eigenvalue weighted by atomic mass is 19.1. The number of para-hydroxylation sites is 1. The molecule has 8 nitrogen and oxygen atoms in total. The number of rotatable bonds is 8. The summed E-state index contributed by atoms with van der Waals surface area (Å²) in [6.07, 6.45) is 2.96. The molecule has 0 bridgehead atoms. The van der Waals surface area contributed by atoms with E-state index in [1.165, 1.54) is 41.6 Å². The molecule has 0 spiro atoms. The van der Waals surface area contributed by atoms with Crippen LogP contribution in [0.3, 0.4) is 0 Å². The predicted octanol–water partition coefficient (Wildman–Crippen LogP) is 2.46. The molecule has 0 saturated carbocycles. The number of H-pyrrole nitrogens is 1. The Kier molecular flexibility index (Phi) is 7.04. The molecule has 2 aromatic carbocycles. The van der Waals surface area contributed by atoms with Gasteiger partial charge in [-0.2, -0.15) is 0 Å². The molecular weight excluding hydrogens is 433 g/mol. The van der Waals surface area contributed by atoms with E-state index in [1.807, 2.05) is 12.1 Å². The van der Waals surface area contributed by atoms with Gasteiger partial charge in [0.1, 0.15) is 17.6 Å². The highest BCUT2D eigenvalue weighted by molar-refractivity contribution is 6.14. The van der Waals surface area contributed by atoms with E-state index in [4.69, 9.17) is 22.2 Å². The molecule has 1 aliphatic rings. The summed E-state index contributed by atoms with van der Waals surface area (Å²) in [7, 11) is 0. The van der Waals surface area contributed by atoms with Gasteiger partial charge < -0.3 is 22.2 Å². The summed E-state index contributed by atoms with van der Waals surface area (Å²) in [4.78, 5) is 26.8. The molecule has 2 heterocycles. The number of carbonyl (C=O) groups excluding carboxylic acids is 1. The Labute approximate surface area is 197 Å². The largest absolute Gasteiger partial charge is 0.386 e. The topological polar surface area (TPSA) is 139 Å². The van der Waals surface area contributed by atoms with E-state index in [1.54, 1.807) is 0 Å². The second kappa shape index (κ2) is 10.1. The molecule has 1 aromatic heterocycles. The summed E-state index contributed by atoms with van der Waals surface area (Å²) in [5.41, 5.74) is 20.0. The Morgan fingerprint density at radius 2 is 1.85 bits per heavy atom. The zero-order valence-electron chi connectivity index (χ0n) is 19.0. The van der Waals surface area contributed by atoms with Gasteiger partial charge in [0.15, 0.2) is 0 Å². The SMILES string of the molecule is NCC1(N=CC(C(N)=O)C(N)=Nc2ccc(F)cc2)CCN(Cc2cc3ccccc3[nH]2)CC1. The van der Waals surface area contributed by atoms with E-state index in [-0.39, 0.29) is 11.7 Å². The molecule has 1 fully saturated rings. The molecule has 7 N–H and O–H groups in total. The fourth-order valence-corrected chi connectivity index (χ4v) is 4.24. The average molecular weight is 464 g/mol. The van der Waals surface area contributed by atoms with Crippen LogP contribution in [-0.2, 0) is 11.3 Å². The van der Waals surface area contributed by atoms with Crippen molar-refractivity contribution in [3.05, 3.63) is 66.1 Å². The van der Waals surface area contributed by atoms with Crippen LogP contribution in [0.15, 0.2) is 64.6 Å². The van der Waals surface area contributed by atoms with Gasteiger partial charge in [-0.25, -0.2) is 9.38 Å². The van der Waals surface area contributed by atoms with Crippen molar-refractivity contribution in [2.24, 2.45) is 33.1 Å². The number of amidine groups is 1. The number of nitrogens with one attached hydrogen (secondary N) is 1. The molecule has 178 valence electrons. The number of nitrogens with zero attached hydrogens (tertiary/aromatic N) is 3. The number of hydrogen-bond acceptors (Lipinski definition) is 5. The van der Waals surface area contributed by atoms with Gasteiger partial charge in [-0.1, -0.05) is 18.2 Å². The molecular formula is C25H30FN7O. The van der Waals surface area contributed by atoms with Crippen LogP contribution in [0.25, 0.3) is 10.9 Å². The number of likely N-dealkylation sites (tertiary alicyclic amines) is 1. The van der Waals surface area contributed by atoms with E-state index in [0.29, 0.717) is 12.2 Å². The van der Waals surface area contributed by atoms with Gasteiger partial charge in [0.05, 0.1) is 11.2 Å². The first-order valence-electron chi connectivity index (χ1n) is 11.3. The molecule has 1 amide bonds. The Balaban J connectivity index is 1.42. The maximum absolute atomic E-state index is 13.1. The zero-order valence-corrected chi connectivity index (χ0v) is 19.0. The first-order valence-corrected chi connectivity index (χ1v) is 11.3. The number of nitrogens with two attached hydrogens (primary N) is 3. The fourth-order valence-electron chi connectivity index (χ4n) is 4.24. The number of benzene rings is 2. The number of carbonyl (C=O) groups is 1. The molecule has 4 rings (SSSR count). The minimum absolute atomic E-state index is 0.00581. The quantitative estimate of drug-likeness (QED) is 0.301. The number of fused-ring (bicyclic) bond motifs is 1. The molecule has 0 aliphatic carbocycles. The van der Waals surface area contributed by atoms with Gasteiger partial charge in [0.25, 0.3) is 0 Å². The first kappa shape index (κ1) is 23.6. The molecule has 3 aromatic rings. The number of piperidine rings is 1. The third-order valence-corrected chi connectivity index (χ3v) is 6.35. The Morgan fingerprint density at radius 3 is 2.50 bits per heavy atom. The van der Waals surface area contributed by atoms with Crippen LogP contribution >= 0.6 is 0 Å². The molecule has 34 heavy (non-hydrogen) atoms. The van der Waals surface area contributed by atoms with Crippen LogP contribution in [0.5, 0.6) is 0 Å². The summed E-state index contributed by atoms with van der Waals surface area (Å²) in [5, 5.41) is 1.20. The van der Waals surface area contributed by atoms with Gasteiger partial charge in [-0.15, -0.1) is 0 Å². The fraction of sp³-hybridized carbons (Fsp3) is 0.320. The van der Waals surface area contributed by atoms with Crippen molar-refractivity contribution in [1.29, 1.82) is 0 Å². The van der Waals surface area contributed by atoms with Crippen molar-refractivity contribution >= 4 is 34.5 Å². The van der Waals surface area contributed by atoms with Crippen molar-refractivity contribution in [1.82, 2.24) is 9.88 Å². The molecule has 1 atom stereocenters. The number of aromatic nitrogens is 1.